The van der Waals surface area contributed by atoms with Crippen LogP contribution < -0.4 is 5.32 Å². The highest BCUT2D eigenvalue weighted by atomic mass is 16.8. The Balaban J connectivity index is 1.46. The van der Waals surface area contributed by atoms with Crippen LogP contribution in [-0.2, 0) is 57.0 Å². The highest BCUT2D eigenvalue weighted by Crippen LogP contribution is 2.36. The van der Waals surface area contributed by atoms with E-state index in [0.29, 0.717) is 0 Å². The van der Waals surface area contributed by atoms with Gasteiger partial charge in [0.25, 0.3) is 0 Å². The third-order valence-corrected chi connectivity index (χ3v) is 10.9. The number of carbonyl (C=O) groups is 2. The van der Waals surface area contributed by atoms with E-state index >= 15 is 0 Å². The van der Waals surface area contributed by atoms with E-state index in [0.717, 1.165) is 13.8 Å². The van der Waals surface area contributed by atoms with Crippen molar-refractivity contribution in [3.8, 4) is 0 Å². The van der Waals surface area contributed by atoms with Gasteiger partial charge in [0.1, 0.15) is 97.6 Å². The van der Waals surface area contributed by atoms with Gasteiger partial charge in [0.05, 0.1) is 31.5 Å². The van der Waals surface area contributed by atoms with Crippen molar-refractivity contribution in [3.05, 3.63) is 0 Å². The van der Waals surface area contributed by atoms with Gasteiger partial charge in [0, 0.05) is 13.8 Å². The van der Waals surface area contributed by atoms with Crippen molar-refractivity contribution in [2.24, 2.45) is 0 Å². The van der Waals surface area contributed by atoms with Crippen LogP contribution in [0, 0.1) is 0 Å². The van der Waals surface area contributed by atoms with Crippen molar-refractivity contribution in [1.82, 2.24) is 5.32 Å². The van der Waals surface area contributed by atoms with E-state index in [1.807, 2.05) is 0 Å². The molecule has 5 rings (SSSR count). The minimum absolute atomic E-state index is 0.775. The van der Waals surface area contributed by atoms with Gasteiger partial charge in [0.15, 0.2) is 37.6 Å². The average Bonchev–Trinajstić information content (AvgIpc) is 3.18. The first-order chi connectivity index (χ1) is 27.7. The Bertz CT molecular complexity index is 1380. The first-order valence-corrected chi connectivity index (χ1v) is 19.1. The number of ether oxygens (including phenoxy) is 10. The fraction of sp³-hybridized carbons (Fsp3) is 0.941. The van der Waals surface area contributed by atoms with E-state index in [4.69, 9.17) is 47.4 Å². The van der Waals surface area contributed by atoms with Gasteiger partial charge in [-0.15, -0.1) is 0 Å². The van der Waals surface area contributed by atoms with E-state index < -0.39 is 179 Å². The van der Waals surface area contributed by atoms with Gasteiger partial charge in [0.2, 0.25) is 5.91 Å². The fourth-order valence-electron chi connectivity index (χ4n) is 7.53. The number of carbonyl (C=O) groups excluding carboxylic acids is 2. The van der Waals surface area contributed by atoms with E-state index in [-0.39, 0.29) is 0 Å². The summed E-state index contributed by atoms with van der Waals surface area (Å²) in [5.74, 6) is -1.73. The lowest BCUT2D eigenvalue weighted by molar-refractivity contribution is -0.388. The van der Waals surface area contributed by atoms with Crippen molar-refractivity contribution >= 4 is 11.9 Å². The maximum atomic E-state index is 12.7. The molecule has 0 spiro atoms. The average molecular weight is 864 g/mol. The molecule has 59 heavy (non-hydrogen) atoms. The normalized spacial score (nSPS) is 50.8. The van der Waals surface area contributed by atoms with Crippen LogP contribution >= 0.6 is 0 Å². The minimum atomic E-state index is -1.97. The van der Waals surface area contributed by atoms with Gasteiger partial charge in [-0.05, 0) is 20.8 Å². The molecule has 0 bridgehead atoms. The largest absolute Gasteiger partial charge is 0.454 e. The molecule has 25 nitrogen and oxygen atoms in total. The Labute approximate surface area is 336 Å². The van der Waals surface area contributed by atoms with Crippen LogP contribution in [-0.4, -0.2) is 240 Å². The quantitative estimate of drug-likeness (QED) is 0.0810. The molecule has 5 saturated heterocycles. The highest BCUT2D eigenvalue weighted by Gasteiger charge is 2.57. The van der Waals surface area contributed by atoms with Gasteiger partial charge in [-0.2, -0.15) is 0 Å². The molecule has 5 fully saturated rings. The number of amides is 1. The van der Waals surface area contributed by atoms with Gasteiger partial charge < -0.3 is 114 Å². The molecule has 0 saturated carbocycles. The Morgan fingerprint density at radius 1 is 0.475 bits per heavy atom. The molecule has 0 aromatic rings. The number of nitrogens with one attached hydrogen (secondary N) is 1. The molecular weight excluding hydrogens is 806 g/mol. The first-order valence-electron chi connectivity index (χ1n) is 19.1. The zero-order valence-electron chi connectivity index (χ0n) is 32.6. The number of hydrogen-bond donors (Lipinski definition) is 13. The summed E-state index contributed by atoms with van der Waals surface area (Å²) in [6.07, 6.45) is -40.3. The Kier molecular flexibility index (Phi) is 16.4. The number of hydrogen-bond acceptors (Lipinski definition) is 24. The maximum Gasteiger partial charge on any atom is 0.303 e. The second kappa shape index (κ2) is 20.1. The Morgan fingerprint density at radius 2 is 0.915 bits per heavy atom. The van der Waals surface area contributed by atoms with Gasteiger partial charge in [-0.3, -0.25) is 9.59 Å². The molecule has 25 heteroatoms. The molecule has 10 unspecified atom stereocenters. The van der Waals surface area contributed by atoms with Gasteiger partial charge >= 0.3 is 5.97 Å². The highest BCUT2D eigenvalue weighted by molar-refractivity contribution is 5.73. The van der Waals surface area contributed by atoms with Crippen molar-refractivity contribution in [2.45, 2.75) is 188 Å². The van der Waals surface area contributed by atoms with Crippen LogP contribution in [0.1, 0.15) is 34.6 Å². The summed E-state index contributed by atoms with van der Waals surface area (Å²) in [4.78, 5) is 25.1. The third kappa shape index (κ3) is 10.3. The van der Waals surface area contributed by atoms with Gasteiger partial charge in [-0.25, -0.2) is 0 Å². The van der Waals surface area contributed by atoms with Crippen LogP contribution in [0.5, 0.6) is 0 Å². The van der Waals surface area contributed by atoms with Crippen LogP contribution in [0.25, 0.3) is 0 Å². The predicted molar refractivity (Wildman–Crippen MR) is 183 cm³/mol. The summed E-state index contributed by atoms with van der Waals surface area (Å²) < 4.78 is 57.5. The lowest BCUT2D eigenvalue weighted by Gasteiger charge is -2.50. The zero-order valence-corrected chi connectivity index (χ0v) is 32.6. The van der Waals surface area contributed by atoms with Crippen molar-refractivity contribution in [1.29, 1.82) is 0 Å². The van der Waals surface area contributed by atoms with Crippen molar-refractivity contribution < 1.29 is 118 Å². The number of rotatable bonds is 12. The molecule has 5 aliphatic rings. The van der Waals surface area contributed by atoms with Crippen LogP contribution in [0.3, 0.4) is 0 Å². The van der Waals surface area contributed by atoms with Crippen LogP contribution in [0.4, 0.5) is 0 Å². The zero-order chi connectivity index (χ0) is 43.8. The summed E-state index contributed by atoms with van der Waals surface area (Å²) in [5.41, 5.74) is 0. The molecule has 342 valence electrons. The predicted octanol–water partition coefficient (Wildman–Crippen LogP) is -8.13. The molecule has 0 aromatic carbocycles. The number of aliphatic hydroxyl groups is 12. The summed E-state index contributed by atoms with van der Waals surface area (Å²) in [6, 6.07) is -1.65. The smallest absolute Gasteiger partial charge is 0.303 e. The molecule has 0 aromatic heterocycles. The second-order valence-corrected chi connectivity index (χ2v) is 15.2. The SMILES string of the molecule is CC(=O)N[C@@H]1C(O[C@@H]2OC(C)[C@H](O)[C@@H](O[C@@H]3OC(C)[C@H](O)[C@@H](O)C3O)C2OC(C)=O)[C@@H](O)C(CO)O[C@H]1OC1[C@H](O)OC(C)[C@H](O)[C@H]1O[C@H]1O[C@H](CO)[C@@H](O)C(O)C1O. The number of esters is 1. The summed E-state index contributed by atoms with van der Waals surface area (Å²) in [6.45, 7) is 4.40. The summed E-state index contributed by atoms with van der Waals surface area (Å²) >= 11 is 0. The molecule has 1 amide bonds. The standard InChI is InChI=1S/C34H57NO24/c1-8-16(40)21(45)23(47)32(51-8)58-27-18(42)10(3)52-34(29(27)53-12(5)39)56-25-15(35-11(4)38)31(54-14(7-37)20(25)44)59-28-26(17(41)9(2)50-30(28)49)57-33-24(48)22(46)19(43)13(6-36)55-33/h8-10,13-34,36-37,40-49H,6-7H2,1-5H3,(H,35,38)/t8?,9?,10?,13-,14?,15-,16+,17+,18+,19-,20+,21-,22?,23?,24?,25?,26-,27-,28?,29?,30-,31+,32+,33-,34+/m1/s1. The lowest BCUT2D eigenvalue weighted by atomic mass is 9.94. The van der Waals surface area contributed by atoms with E-state index in [1.54, 1.807) is 0 Å². The van der Waals surface area contributed by atoms with E-state index in [1.165, 1.54) is 20.8 Å². The van der Waals surface area contributed by atoms with E-state index in [2.05, 4.69) is 5.32 Å². The molecule has 0 radical (unpaired) electrons. The molecule has 5 heterocycles. The van der Waals surface area contributed by atoms with E-state index in [9.17, 15) is 70.9 Å². The van der Waals surface area contributed by atoms with Crippen LogP contribution in [0.15, 0.2) is 0 Å². The molecular formula is C34H57NO24. The Morgan fingerprint density at radius 3 is 1.47 bits per heavy atom. The molecule has 25 atom stereocenters. The van der Waals surface area contributed by atoms with Gasteiger partial charge in [-0.1, -0.05) is 0 Å². The summed E-state index contributed by atoms with van der Waals surface area (Å²) in [5, 5.41) is 130. The van der Waals surface area contributed by atoms with Crippen molar-refractivity contribution in [2.75, 3.05) is 13.2 Å². The third-order valence-electron chi connectivity index (χ3n) is 10.9. The topological polar surface area (TPSA) is 381 Å². The molecule has 0 aliphatic carbocycles. The summed E-state index contributed by atoms with van der Waals surface area (Å²) in [7, 11) is 0. The van der Waals surface area contributed by atoms with Crippen molar-refractivity contribution in [3.63, 3.8) is 0 Å². The number of aliphatic hydroxyl groups excluding tert-OH is 12. The van der Waals surface area contributed by atoms with Crippen LogP contribution in [0.2, 0.25) is 0 Å². The maximum absolute atomic E-state index is 12.7. The monoisotopic (exact) mass is 863 g/mol. The molecule has 5 aliphatic heterocycles. The second-order valence-electron chi connectivity index (χ2n) is 15.2. The molecule has 13 N–H and O–H groups in total. The first kappa shape index (κ1) is 48.1. The minimum Gasteiger partial charge on any atom is -0.454 e. The Hall–Kier alpha value is -1.90. The fourth-order valence-corrected chi connectivity index (χ4v) is 7.53. The lowest BCUT2D eigenvalue weighted by Crippen LogP contribution is -2.70.